The van der Waals surface area contributed by atoms with Gasteiger partial charge in [0.2, 0.25) is 5.91 Å². The molecule has 1 unspecified atom stereocenters. The fourth-order valence-electron chi connectivity index (χ4n) is 2.83. The van der Waals surface area contributed by atoms with Crippen molar-refractivity contribution in [3.05, 3.63) is 53.9 Å². The molecule has 31 heavy (non-hydrogen) atoms. The average Bonchev–Trinajstić information content (AvgIpc) is 3.42. The Balaban J connectivity index is 0.000000422. The molecule has 1 aliphatic rings. The van der Waals surface area contributed by atoms with Gasteiger partial charge >= 0.3 is 31.1 Å². The SMILES string of the molecule is COc1cnc(C)cc1-c1cc(C)ncc1C(=O)Nc1nn[c-]s1.[CH2-]C1CCOC1.[U+2]. The van der Waals surface area contributed by atoms with Crippen molar-refractivity contribution in [3.8, 4) is 16.9 Å². The van der Waals surface area contributed by atoms with Gasteiger partial charge in [0.05, 0.1) is 24.0 Å². The molecule has 3 aromatic heterocycles. The van der Waals surface area contributed by atoms with Crippen molar-refractivity contribution in [2.75, 3.05) is 25.6 Å². The van der Waals surface area contributed by atoms with Gasteiger partial charge in [-0.15, -0.1) is 5.92 Å². The number of carbonyl (C=O) groups excluding carboxylic acids is 1. The summed E-state index contributed by atoms with van der Waals surface area (Å²) in [5, 5.41) is 10.4. The van der Waals surface area contributed by atoms with Crippen LogP contribution in [0, 0.1) is 63.3 Å². The third-order valence-corrected chi connectivity index (χ3v) is 4.92. The number of ether oxygens (including phenoxy) is 2. The number of amides is 1. The first-order valence-electron chi connectivity index (χ1n) is 9.37. The second kappa shape index (κ2) is 12.2. The number of hydrogen-bond acceptors (Lipinski definition) is 8. The molecule has 0 aromatic carbocycles. The molecule has 4 rings (SSSR count). The molecule has 8 nitrogen and oxygen atoms in total. The van der Waals surface area contributed by atoms with Gasteiger partial charge in [0.1, 0.15) is 5.75 Å². The van der Waals surface area contributed by atoms with Crippen LogP contribution in [0.3, 0.4) is 0 Å². The van der Waals surface area contributed by atoms with Gasteiger partial charge in [0.15, 0.2) is 0 Å². The van der Waals surface area contributed by atoms with E-state index in [4.69, 9.17) is 9.47 Å². The number of nitrogens with zero attached hydrogens (tertiary/aromatic N) is 4. The molecule has 160 valence electrons. The maximum Gasteiger partial charge on any atom is 2.00 e. The molecule has 0 bridgehead atoms. The number of carbonyl (C=O) groups is 1. The number of aryl methyl sites for hydroxylation is 2. The first kappa shape index (κ1) is 25.4. The van der Waals surface area contributed by atoms with E-state index in [-0.39, 0.29) is 37.0 Å². The molecule has 10 heteroatoms. The average molecular weight is 664 g/mol. The maximum atomic E-state index is 12.6. The van der Waals surface area contributed by atoms with Crippen molar-refractivity contribution in [2.45, 2.75) is 20.3 Å². The van der Waals surface area contributed by atoms with Crippen molar-refractivity contribution in [2.24, 2.45) is 5.92 Å². The fourth-order valence-corrected chi connectivity index (χ4v) is 3.23. The van der Waals surface area contributed by atoms with Crippen LogP contribution in [0.4, 0.5) is 5.13 Å². The van der Waals surface area contributed by atoms with E-state index in [9.17, 15) is 4.79 Å². The van der Waals surface area contributed by atoms with Gasteiger partial charge in [-0.05, 0) is 26.0 Å². The molecule has 1 fully saturated rings. The summed E-state index contributed by atoms with van der Waals surface area (Å²) in [6, 6.07) is 3.72. The molecule has 0 spiro atoms. The van der Waals surface area contributed by atoms with Crippen LogP contribution in [0.15, 0.2) is 24.5 Å². The fraction of sp³-hybridized carbons (Fsp3) is 0.333. The number of rotatable bonds is 4. The molecule has 1 atom stereocenters. The van der Waals surface area contributed by atoms with E-state index in [0.717, 1.165) is 53.5 Å². The number of pyridine rings is 2. The summed E-state index contributed by atoms with van der Waals surface area (Å²) in [5.41, 5.74) is 6.12. The van der Waals surface area contributed by atoms with Crippen LogP contribution >= 0.6 is 11.3 Å². The van der Waals surface area contributed by atoms with Crippen LogP contribution in [0.25, 0.3) is 11.1 Å². The zero-order valence-corrected chi connectivity index (χ0v) is 22.6. The minimum Gasteiger partial charge on any atom is -0.494 e. The van der Waals surface area contributed by atoms with Crippen molar-refractivity contribution in [3.63, 3.8) is 0 Å². The van der Waals surface area contributed by atoms with Gasteiger partial charge in [-0.3, -0.25) is 31.2 Å². The van der Waals surface area contributed by atoms with Gasteiger partial charge < -0.3 is 21.7 Å². The number of methoxy groups -OCH3 is 1. The third-order valence-electron chi connectivity index (χ3n) is 4.37. The van der Waals surface area contributed by atoms with Gasteiger partial charge in [0.25, 0.3) is 0 Å². The maximum absolute atomic E-state index is 12.6. The Morgan fingerprint density at radius 2 is 1.97 bits per heavy atom. The summed E-state index contributed by atoms with van der Waals surface area (Å²) >= 11 is 1.13. The summed E-state index contributed by atoms with van der Waals surface area (Å²) in [4.78, 5) is 21.1. The summed E-state index contributed by atoms with van der Waals surface area (Å²) in [6.07, 6.45) is 4.34. The number of anilines is 1. The zero-order chi connectivity index (χ0) is 21.5. The molecule has 1 aliphatic heterocycles. The largest absolute Gasteiger partial charge is 2.00 e. The van der Waals surface area contributed by atoms with Crippen molar-refractivity contribution in [1.29, 1.82) is 0 Å². The Labute approximate surface area is 209 Å². The third kappa shape index (κ3) is 7.07. The Kier molecular flexibility index (Phi) is 10.0. The number of nitrogens with one attached hydrogen (secondary N) is 1. The predicted molar refractivity (Wildman–Crippen MR) is 114 cm³/mol. The van der Waals surface area contributed by atoms with Crippen LogP contribution < -0.4 is 10.1 Å². The van der Waals surface area contributed by atoms with E-state index in [0.29, 0.717) is 22.4 Å². The first-order chi connectivity index (χ1) is 14.5. The van der Waals surface area contributed by atoms with E-state index in [1.165, 1.54) is 0 Å². The van der Waals surface area contributed by atoms with E-state index in [1.807, 2.05) is 26.0 Å². The van der Waals surface area contributed by atoms with Crippen molar-refractivity contribution in [1.82, 2.24) is 20.2 Å². The van der Waals surface area contributed by atoms with Gasteiger partial charge in [0, 0.05) is 41.9 Å². The summed E-state index contributed by atoms with van der Waals surface area (Å²) in [7, 11) is 1.57. The number of aromatic nitrogens is 4. The monoisotopic (exact) mass is 663 g/mol. The van der Waals surface area contributed by atoms with Gasteiger partial charge in [-0.25, -0.2) is 5.10 Å². The van der Waals surface area contributed by atoms with E-state index >= 15 is 0 Å². The summed E-state index contributed by atoms with van der Waals surface area (Å²) < 4.78 is 10.4. The molecule has 0 saturated carbocycles. The van der Waals surface area contributed by atoms with Gasteiger partial charge in [-0.1, -0.05) is 11.9 Å². The van der Waals surface area contributed by atoms with Crippen LogP contribution in [-0.4, -0.2) is 46.4 Å². The second-order valence-electron chi connectivity index (χ2n) is 6.78. The van der Waals surface area contributed by atoms with Crippen molar-refractivity contribution >= 4 is 22.4 Å². The van der Waals surface area contributed by atoms with Crippen LogP contribution in [0.5, 0.6) is 5.75 Å². The topological polar surface area (TPSA) is 99.1 Å². The molecule has 1 amide bonds. The minimum absolute atomic E-state index is 0. The van der Waals surface area contributed by atoms with Gasteiger partial charge in [-0.2, -0.15) is 0 Å². The Hall–Kier alpha value is -1.86. The normalized spacial score (nSPS) is 14.8. The second-order valence-corrected chi connectivity index (χ2v) is 7.55. The molecule has 1 saturated heterocycles. The summed E-state index contributed by atoms with van der Waals surface area (Å²) in [5.74, 6) is 0.841. The van der Waals surface area contributed by atoms with E-state index < -0.39 is 0 Å². The molecule has 0 aliphatic carbocycles. The first-order valence-corrected chi connectivity index (χ1v) is 10.2. The summed E-state index contributed by atoms with van der Waals surface area (Å²) in [6.45, 7) is 9.36. The van der Waals surface area contributed by atoms with Crippen LogP contribution in [0.2, 0.25) is 0 Å². The van der Waals surface area contributed by atoms with Crippen molar-refractivity contribution < 1.29 is 45.4 Å². The van der Waals surface area contributed by atoms with E-state index in [2.05, 4.69) is 37.9 Å². The molecule has 3 aromatic rings. The predicted octanol–water partition coefficient (Wildman–Crippen LogP) is 3.53. The molecule has 4 heterocycles. The minimum atomic E-state index is -0.320. The molecular weight excluding hydrogens is 640 g/mol. The smallest absolute Gasteiger partial charge is 0.494 e. The van der Waals surface area contributed by atoms with Crippen LogP contribution in [-0.2, 0) is 4.74 Å². The zero-order valence-electron chi connectivity index (χ0n) is 17.6. The van der Waals surface area contributed by atoms with Crippen LogP contribution in [0.1, 0.15) is 28.2 Å². The quantitative estimate of drug-likeness (QED) is 0.427. The Bertz CT molecular complexity index is 995. The standard InChI is InChI=1S/C16H14N5O2S.C5H9O.U/c1-9-4-11(12-5-10(2)18-7-14(12)23-3)13(6-17-9)15(22)20-16-21-19-8-24-16;1-5-2-3-6-4-5;/h4-7H,1-3H3,(H,20,21,22);5H,1-4H2;/q2*-1;+2. The molecule has 0 radical (unpaired) electrons. The number of hydrogen-bond donors (Lipinski definition) is 1. The Morgan fingerprint density at radius 1 is 1.26 bits per heavy atom. The molecular formula is C21H23N5O3SU. The molecule has 1 N–H and O–H groups in total. The Morgan fingerprint density at radius 3 is 2.52 bits per heavy atom. The van der Waals surface area contributed by atoms with E-state index in [1.54, 1.807) is 19.5 Å².